The maximum Gasteiger partial charge on any atom is 0.306 e. The van der Waals surface area contributed by atoms with Crippen molar-refractivity contribution in [2.24, 2.45) is 0 Å². The molecule has 5 atom stereocenters. The molecule has 0 aromatic carbocycles. The van der Waals surface area contributed by atoms with E-state index >= 15 is 0 Å². The highest BCUT2D eigenvalue weighted by molar-refractivity contribution is 5.71. The highest BCUT2D eigenvalue weighted by Crippen LogP contribution is 2.28. The smallest absolute Gasteiger partial charge is 0.306 e. The summed E-state index contributed by atoms with van der Waals surface area (Å²) >= 11 is 0. The van der Waals surface area contributed by atoms with Crippen LogP contribution in [0.2, 0.25) is 0 Å². The van der Waals surface area contributed by atoms with Crippen molar-refractivity contribution in [3.63, 3.8) is 0 Å². The molecule has 1 aliphatic heterocycles. The minimum Gasteiger partial charge on any atom is -0.463 e. The fourth-order valence-corrected chi connectivity index (χ4v) is 2.41. The number of rotatable bonds is 9. The first kappa shape index (κ1) is 23.8. The maximum atomic E-state index is 11.9. The first-order valence-corrected chi connectivity index (χ1v) is 9.34. The van der Waals surface area contributed by atoms with Gasteiger partial charge in [0, 0.05) is 25.7 Å². The average molecular weight is 404 g/mol. The van der Waals surface area contributed by atoms with E-state index in [0.717, 1.165) is 0 Å². The zero-order valence-electron chi connectivity index (χ0n) is 16.5. The molecule has 28 heavy (non-hydrogen) atoms. The summed E-state index contributed by atoms with van der Waals surface area (Å²) in [4.78, 5) is 47.0. The number of esters is 4. The van der Waals surface area contributed by atoms with Crippen LogP contribution in [-0.4, -0.2) is 66.3 Å². The van der Waals surface area contributed by atoms with Gasteiger partial charge in [0.05, 0.1) is 0 Å². The van der Waals surface area contributed by atoms with Crippen LogP contribution in [0.15, 0.2) is 0 Å². The van der Waals surface area contributed by atoms with Gasteiger partial charge in [-0.2, -0.15) is 0 Å². The summed E-state index contributed by atoms with van der Waals surface area (Å²) in [6, 6.07) is 0. The second-order valence-electron chi connectivity index (χ2n) is 6.03. The fraction of sp³-hybridized carbons (Fsp3) is 0.778. The predicted molar refractivity (Wildman–Crippen MR) is 92.6 cm³/mol. The summed E-state index contributed by atoms with van der Waals surface area (Å²) in [5, 5.41) is 10.3. The van der Waals surface area contributed by atoms with Gasteiger partial charge in [0.25, 0.3) is 0 Å². The molecule has 160 valence electrons. The van der Waals surface area contributed by atoms with Gasteiger partial charge in [-0.25, -0.2) is 0 Å². The molecule has 1 rings (SSSR count). The van der Waals surface area contributed by atoms with Crippen LogP contribution in [0.25, 0.3) is 0 Å². The first-order chi connectivity index (χ1) is 13.3. The van der Waals surface area contributed by atoms with Gasteiger partial charge >= 0.3 is 23.9 Å². The molecule has 1 aliphatic rings. The van der Waals surface area contributed by atoms with E-state index < -0.39 is 54.6 Å². The van der Waals surface area contributed by atoms with E-state index in [1.165, 1.54) is 0 Å². The standard InChI is InChI=1S/C18H28O10/c1-5-11(19)24-9-10-15(26-12(20)6-2)16(27-13(21)7-3)17(18(23)25-10)28-14(22)8-4/h10,15-18,23H,5-9H2,1-4H3/t10-,15-,16+,17-,18?/m1/s1. The van der Waals surface area contributed by atoms with Gasteiger partial charge < -0.3 is 28.8 Å². The average Bonchev–Trinajstić information content (AvgIpc) is 2.69. The molecule has 1 heterocycles. The van der Waals surface area contributed by atoms with Gasteiger partial charge in [0.15, 0.2) is 24.6 Å². The number of carbonyl (C=O) groups is 4. The van der Waals surface area contributed by atoms with Crippen LogP contribution in [0.4, 0.5) is 0 Å². The largest absolute Gasteiger partial charge is 0.463 e. The lowest BCUT2D eigenvalue weighted by Crippen LogP contribution is -2.62. The Labute approximate surface area is 163 Å². The Morgan fingerprint density at radius 2 is 1.14 bits per heavy atom. The van der Waals surface area contributed by atoms with E-state index in [2.05, 4.69) is 0 Å². The topological polar surface area (TPSA) is 135 Å². The van der Waals surface area contributed by atoms with E-state index in [-0.39, 0.29) is 32.3 Å². The minimum absolute atomic E-state index is 0.00578. The van der Waals surface area contributed by atoms with E-state index in [4.69, 9.17) is 23.7 Å². The first-order valence-electron chi connectivity index (χ1n) is 9.34. The van der Waals surface area contributed by atoms with Crippen LogP contribution < -0.4 is 0 Å². The molecule has 10 heteroatoms. The molecular formula is C18H28O10. The Morgan fingerprint density at radius 1 is 0.714 bits per heavy atom. The number of aliphatic hydroxyl groups excluding tert-OH is 1. The molecule has 1 fully saturated rings. The van der Waals surface area contributed by atoms with E-state index in [1.54, 1.807) is 27.7 Å². The van der Waals surface area contributed by atoms with Crippen LogP contribution in [-0.2, 0) is 42.9 Å². The highest BCUT2D eigenvalue weighted by atomic mass is 16.7. The quantitative estimate of drug-likeness (QED) is 0.430. The van der Waals surface area contributed by atoms with E-state index in [0.29, 0.717) is 0 Å². The van der Waals surface area contributed by atoms with Crippen molar-refractivity contribution in [2.45, 2.75) is 84.1 Å². The zero-order valence-corrected chi connectivity index (χ0v) is 16.5. The molecule has 0 bridgehead atoms. The van der Waals surface area contributed by atoms with Crippen molar-refractivity contribution in [3.8, 4) is 0 Å². The Kier molecular flexibility index (Phi) is 9.88. The number of aliphatic hydroxyl groups is 1. The van der Waals surface area contributed by atoms with Crippen molar-refractivity contribution in [1.82, 2.24) is 0 Å². The third kappa shape index (κ3) is 6.75. The lowest BCUT2D eigenvalue weighted by atomic mass is 9.98. The van der Waals surface area contributed by atoms with Gasteiger partial charge in [-0.3, -0.25) is 19.2 Å². The predicted octanol–water partition coefficient (Wildman–Crippen LogP) is 0.622. The maximum absolute atomic E-state index is 11.9. The normalized spacial score (nSPS) is 26.8. The van der Waals surface area contributed by atoms with Crippen molar-refractivity contribution in [1.29, 1.82) is 0 Å². The lowest BCUT2D eigenvalue weighted by molar-refractivity contribution is -0.297. The summed E-state index contributed by atoms with van der Waals surface area (Å²) in [6.07, 6.45) is -6.62. The van der Waals surface area contributed by atoms with Crippen LogP contribution in [0.3, 0.4) is 0 Å². The second kappa shape index (κ2) is 11.6. The molecule has 1 unspecified atom stereocenters. The third-order valence-electron chi connectivity index (χ3n) is 3.98. The van der Waals surface area contributed by atoms with Crippen molar-refractivity contribution < 1.29 is 48.0 Å². The van der Waals surface area contributed by atoms with Gasteiger partial charge in [-0.15, -0.1) is 0 Å². The molecule has 1 N–H and O–H groups in total. The summed E-state index contributed by atoms with van der Waals surface area (Å²) in [5.74, 6) is -2.48. The van der Waals surface area contributed by atoms with Crippen molar-refractivity contribution in [3.05, 3.63) is 0 Å². The Hall–Kier alpha value is -2.20. The van der Waals surface area contributed by atoms with Crippen molar-refractivity contribution in [2.75, 3.05) is 6.61 Å². The number of ether oxygens (including phenoxy) is 5. The summed E-state index contributed by atoms with van der Waals surface area (Å²) in [5.41, 5.74) is 0. The van der Waals surface area contributed by atoms with Gasteiger partial charge in [0.1, 0.15) is 12.7 Å². The number of carbonyl (C=O) groups excluding carboxylic acids is 4. The monoisotopic (exact) mass is 404 g/mol. The van der Waals surface area contributed by atoms with Crippen LogP contribution >= 0.6 is 0 Å². The second-order valence-corrected chi connectivity index (χ2v) is 6.03. The molecule has 1 saturated heterocycles. The summed E-state index contributed by atoms with van der Waals surface area (Å²) < 4.78 is 26.2. The molecule has 0 saturated carbocycles. The van der Waals surface area contributed by atoms with Gasteiger partial charge in [0.2, 0.25) is 0 Å². The molecule has 0 aromatic heterocycles. The summed E-state index contributed by atoms with van der Waals surface area (Å²) in [6.45, 7) is 5.92. The lowest BCUT2D eigenvalue weighted by Gasteiger charge is -2.42. The number of hydrogen-bond acceptors (Lipinski definition) is 10. The van der Waals surface area contributed by atoms with Crippen LogP contribution in [0.1, 0.15) is 53.4 Å². The van der Waals surface area contributed by atoms with Gasteiger partial charge in [-0.1, -0.05) is 27.7 Å². The van der Waals surface area contributed by atoms with Crippen LogP contribution in [0.5, 0.6) is 0 Å². The van der Waals surface area contributed by atoms with Crippen LogP contribution in [0, 0.1) is 0 Å². The van der Waals surface area contributed by atoms with E-state index in [9.17, 15) is 24.3 Å². The Morgan fingerprint density at radius 3 is 1.61 bits per heavy atom. The molecule has 0 radical (unpaired) electrons. The molecule has 10 nitrogen and oxygen atoms in total. The molecule has 0 spiro atoms. The van der Waals surface area contributed by atoms with Crippen molar-refractivity contribution >= 4 is 23.9 Å². The fourth-order valence-electron chi connectivity index (χ4n) is 2.41. The highest BCUT2D eigenvalue weighted by Gasteiger charge is 2.52. The SMILES string of the molecule is CCC(=O)OC[C@H]1OC(O)[C@H](OC(=O)CC)[C@@H](OC(=O)CC)[C@@H]1OC(=O)CC. The third-order valence-corrected chi connectivity index (χ3v) is 3.98. The zero-order chi connectivity index (χ0) is 21.3. The van der Waals surface area contributed by atoms with E-state index in [1.807, 2.05) is 0 Å². The minimum atomic E-state index is -1.67. The summed E-state index contributed by atoms with van der Waals surface area (Å²) in [7, 11) is 0. The Balaban J connectivity index is 3.17. The number of hydrogen-bond donors (Lipinski definition) is 1. The molecule has 0 amide bonds. The van der Waals surface area contributed by atoms with Gasteiger partial charge in [-0.05, 0) is 0 Å². The molecular weight excluding hydrogens is 376 g/mol. The molecule has 0 aliphatic carbocycles. The Bertz CT molecular complexity index is 561. The molecule has 0 aromatic rings.